The lowest BCUT2D eigenvalue weighted by Crippen LogP contribution is -2.32. The molecule has 0 aliphatic heterocycles. The van der Waals surface area contributed by atoms with E-state index >= 15 is 0 Å². The average molecular weight is 332 g/mol. The molecule has 4 nitrogen and oxygen atoms in total. The van der Waals surface area contributed by atoms with Gasteiger partial charge < -0.3 is 14.2 Å². The van der Waals surface area contributed by atoms with Crippen LogP contribution in [0, 0.1) is 11.3 Å². The van der Waals surface area contributed by atoms with Gasteiger partial charge in [-0.3, -0.25) is 4.79 Å². The molecule has 1 fully saturated rings. The largest absolute Gasteiger partial charge is 0.493 e. The highest BCUT2D eigenvalue weighted by molar-refractivity contribution is 6.02. The van der Waals surface area contributed by atoms with Crippen LogP contribution in [0.25, 0.3) is 6.08 Å². The summed E-state index contributed by atoms with van der Waals surface area (Å²) < 4.78 is 16.1. The molecule has 1 aromatic rings. The summed E-state index contributed by atoms with van der Waals surface area (Å²) in [5.41, 5.74) is 1.77. The van der Waals surface area contributed by atoms with Crippen LogP contribution < -0.4 is 14.2 Å². The molecule has 0 unspecified atom stereocenters. The third-order valence-corrected chi connectivity index (χ3v) is 4.65. The Morgan fingerprint density at radius 3 is 2.08 bits per heavy atom. The van der Waals surface area contributed by atoms with Crippen LogP contribution in [0.4, 0.5) is 0 Å². The van der Waals surface area contributed by atoms with Crippen molar-refractivity contribution in [2.45, 2.75) is 40.0 Å². The summed E-state index contributed by atoms with van der Waals surface area (Å²) in [5, 5.41) is 0. The highest BCUT2D eigenvalue weighted by atomic mass is 16.5. The van der Waals surface area contributed by atoms with Crippen molar-refractivity contribution < 1.29 is 19.0 Å². The first-order valence-corrected chi connectivity index (χ1v) is 8.36. The number of ketones is 1. The number of methoxy groups -OCH3 is 3. The van der Waals surface area contributed by atoms with Crippen LogP contribution in [0.5, 0.6) is 17.2 Å². The van der Waals surface area contributed by atoms with E-state index in [1.54, 1.807) is 21.3 Å². The number of benzene rings is 1. The van der Waals surface area contributed by atoms with Gasteiger partial charge >= 0.3 is 0 Å². The minimum Gasteiger partial charge on any atom is -0.493 e. The maximum absolute atomic E-state index is 12.9. The summed E-state index contributed by atoms with van der Waals surface area (Å²) in [7, 11) is 4.77. The van der Waals surface area contributed by atoms with Gasteiger partial charge in [0.2, 0.25) is 5.75 Å². The number of carbonyl (C=O) groups is 1. The van der Waals surface area contributed by atoms with Crippen LogP contribution in [0.2, 0.25) is 0 Å². The monoisotopic (exact) mass is 332 g/mol. The fourth-order valence-corrected chi connectivity index (χ4v) is 3.33. The third-order valence-electron chi connectivity index (χ3n) is 4.65. The van der Waals surface area contributed by atoms with E-state index < -0.39 is 0 Å². The minimum atomic E-state index is -0.00805. The van der Waals surface area contributed by atoms with Gasteiger partial charge in [-0.05, 0) is 54.0 Å². The standard InChI is InChI=1S/C20H28O4/c1-20(2,3)15-9-7-8-14(18(15)21)10-13-11-16(22-4)19(24-6)17(12-13)23-5/h10-12,15H,7-9H2,1-6H3/b14-10+/t15-/m0/s1. The lowest BCUT2D eigenvalue weighted by atomic mass is 9.70. The lowest BCUT2D eigenvalue weighted by Gasteiger charge is -2.33. The number of ether oxygens (including phenoxy) is 3. The number of hydrogen-bond donors (Lipinski definition) is 0. The Balaban J connectivity index is 2.41. The number of Topliss-reactive ketones (excluding diaryl/α,β-unsaturated/α-hetero) is 1. The van der Waals surface area contributed by atoms with Gasteiger partial charge in [0, 0.05) is 5.92 Å². The SMILES string of the molecule is COc1cc(/C=C2\CCC[C@H](C(C)(C)C)C2=O)cc(OC)c1OC. The quantitative estimate of drug-likeness (QED) is 0.761. The molecule has 1 saturated carbocycles. The first-order chi connectivity index (χ1) is 11.3. The molecule has 0 N–H and O–H groups in total. The van der Waals surface area contributed by atoms with Crippen LogP contribution in [-0.2, 0) is 4.79 Å². The Hall–Kier alpha value is -1.97. The van der Waals surface area contributed by atoms with Crippen molar-refractivity contribution in [3.63, 3.8) is 0 Å². The normalized spacial score (nSPS) is 20.2. The molecule has 1 aromatic carbocycles. The van der Waals surface area contributed by atoms with Crippen molar-refractivity contribution in [1.29, 1.82) is 0 Å². The highest BCUT2D eigenvalue weighted by Crippen LogP contribution is 2.41. The molecule has 1 aliphatic carbocycles. The molecule has 0 radical (unpaired) electrons. The molecule has 0 aromatic heterocycles. The molecule has 4 heteroatoms. The summed E-state index contributed by atoms with van der Waals surface area (Å²) in [6, 6.07) is 3.75. The van der Waals surface area contributed by atoms with E-state index in [-0.39, 0.29) is 17.1 Å². The van der Waals surface area contributed by atoms with Crippen LogP contribution in [-0.4, -0.2) is 27.1 Å². The van der Waals surface area contributed by atoms with Gasteiger partial charge in [-0.25, -0.2) is 0 Å². The van der Waals surface area contributed by atoms with Crippen molar-refractivity contribution in [3.05, 3.63) is 23.3 Å². The van der Waals surface area contributed by atoms with E-state index in [0.29, 0.717) is 17.2 Å². The molecule has 1 aliphatic rings. The lowest BCUT2D eigenvalue weighted by molar-refractivity contribution is -0.123. The van der Waals surface area contributed by atoms with E-state index in [2.05, 4.69) is 20.8 Å². The molecular formula is C20H28O4. The van der Waals surface area contributed by atoms with Gasteiger partial charge in [-0.2, -0.15) is 0 Å². The zero-order chi connectivity index (χ0) is 17.9. The minimum absolute atomic E-state index is 0.00805. The van der Waals surface area contributed by atoms with Crippen molar-refractivity contribution in [1.82, 2.24) is 0 Å². The first kappa shape index (κ1) is 18.4. The molecule has 24 heavy (non-hydrogen) atoms. The summed E-state index contributed by atoms with van der Waals surface area (Å²) in [5.74, 6) is 2.10. The van der Waals surface area contributed by atoms with Crippen LogP contribution in [0.1, 0.15) is 45.6 Å². The maximum atomic E-state index is 12.9. The van der Waals surface area contributed by atoms with Gasteiger partial charge in [0.15, 0.2) is 17.3 Å². The van der Waals surface area contributed by atoms with Gasteiger partial charge in [0.1, 0.15) is 0 Å². The smallest absolute Gasteiger partial charge is 0.203 e. The Morgan fingerprint density at radius 2 is 1.62 bits per heavy atom. The highest BCUT2D eigenvalue weighted by Gasteiger charge is 2.35. The summed E-state index contributed by atoms with van der Waals surface area (Å²) in [6.07, 6.45) is 4.80. The van der Waals surface area contributed by atoms with E-state index in [0.717, 1.165) is 30.4 Å². The molecular weight excluding hydrogens is 304 g/mol. The van der Waals surface area contributed by atoms with Gasteiger partial charge in [0.25, 0.3) is 0 Å². The molecule has 0 heterocycles. The van der Waals surface area contributed by atoms with Crippen molar-refractivity contribution >= 4 is 11.9 Å². The summed E-state index contributed by atoms with van der Waals surface area (Å²) in [6.45, 7) is 6.41. The molecule has 0 spiro atoms. The average Bonchev–Trinajstić information content (AvgIpc) is 2.54. The zero-order valence-electron chi connectivity index (χ0n) is 15.6. The predicted molar refractivity (Wildman–Crippen MR) is 95.9 cm³/mol. The second-order valence-corrected chi connectivity index (χ2v) is 7.30. The van der Waals surface area contributed by atoms with Gasteiger partial charge in [-0.1, -0.05) is 20.8 Å². The second kappa shape index (κ2) is 7.29. The van der Waals surface area contributed by atoms with E-state index in [4.69, 9.17) is 14.2 Å². The molecule has 0 bridgehead atoms. The molecule has 132 valence electrons. The van der Waals surface area contributed by atoms with Crippen LogP contribution >= 0.6 is 0 Å². The molecule has 2 rings (SSSR count). The number of rotatable bonds is 4. The van der Waals surface area contributed by atoms with Crippen molar-refractivity contribution in [2.75, 3.05) is 21.3 Å². The molecule has 0 saturated heterocycles. The van der Waals surface area contributed by atoms with Crippen molar-refractivity contribution in [2.24, 2.45) is 11.3 Å². The maximum Gasteiger partial charge on any atom is 0.203 e. The molecule has 0 amide bonds. The topological polar surface area (TPSA) is 44.8 Å². The van der Waals surface area contributed by atoms with Crippen LogP contribution in [0.3, 0.4) is 0 Å². The van der Waals surface area contributed by atoms with Crippen LogP contribution in [0.15, 0.2) is 17.7 Å². The fourth-order valence-electron chi connectivity index (χ4n) is 3.33. The number of hydrogen-bond acceptors (Lipinski definition) is 4. The van der Waals surface area contributed by atoms with E-state index in [1.807, 2.05) is 18.2 Å². The third kappa shape index (κ3) is 3.74. The van der Waals surface area contributed by atoms with Gasteiger partial charge in [-0.15, -0.1) is 0 Å². The number of allylic oxidation sites excluding steroid dienone is 1. The van der Waals surface area contributed by atoms with E-state index in [9.17, 15) is 4.79 Å². The molecule has 1 atom stereocenters. The number of carbonyl (C=O) groups excluding carboxylic acids is 1. The first-order valence-electron chi connectivity index (χ1n) is 8.36. The predicted octanol–water partition coefficient (Wildman–Crippen LogP) is 4.51. The van der Waals surface area contributed by atoms with E-state index in [1.165, 1.54) is 0 Å². The summed E-state index contributed by atoms with van der Waals surface area (Å²) in [4.78, 5) is 12.9. The Labute approximate surface area is 144 Å². The second-order valence-electron chi connectivity index (χ2n) is 7.30. The fraction of sp³-hybridized carbons (Fsp3) is 0.550. The Kier molecular flexibility index (Phi) is 5.58. The Morgan fingerprint density at radius 1 is 1.04 bits per heavy atom. The van der Waals surface area contributed by atoms with Crippen molar-refractivity contribution in [3.8, 4) is 17.2 Å². The Bertz CT molecular complexity index is 613. The van der Waals surface area contributed by atoms with Gasteiger partial charge in [0.05, 0.1) is 21.3 Å². The summed E-state index contributed by atoms with van der Waals surface area (Å²) >= 11 is 0. The zero-order valence-corrected chi connectivity index (χ0v) is 15.6.